The van der Waals surface area contributed by atoms with Gasteiger partial charge in [-0.15, -0.1) is 0 Å². The van der Waals surface area contributed by atoms with Crippen LogP contribution in [0.1, 0.15) is 37.9 Å². The van der Waals surface area contributed by atoms with E-state index in [0.29, 0.717) is 55.8 Å². The van der Waals surface area contributed by atoms with Gasteiger partial charge in [0.2, 0.25) is 6.79 Å². The summed E-state index contributed by atoms with van der Waals surface area (Å²) in [7, 11) is 1.57. The summed E-state index contributed by atoms with van der Waals surface area (Å²) in [6.07, 6.45) is 1.77. The maximum Gasteiger partial charge on any atom is 0.338 e. The predicted molar refractivity (Wildman–Crippen MR) is 145 cm³/mol. The molecule has 2 aromatic carbocycles. The average molecular weight is 601 g/mol. The number of ether oxygens (including phenoxy) is 5. The van der Waals surface area contributed by atoms with E-state index in [-0.39, 0.29) is 19.0 Å². The number of fused-ring (bicyclic) bond motifs is 2. The molecule has 0 spiro atoms. The van der Waals surface area contributed by atoms with Gasteiger partial charge in [-0.1, -0.05) is 33.3 Å². The lowest BCUT2D eigenvalue weighted by molar-refractivity contribution is -0.139. The zero-order valence-electron chi connectivity index (χ0n) is 21.2. The summed E-state index contributed by atoms with van der Waals surface area (Å²) >= 11 is 4.81. The molecule has 0 aliphatic carbocycles. The van der Waals surface area contributed by atoms with E-state index in [1.807, 2.05) is 19.1 Å². The normalized spacial score (nSPS) is 16.2. The Labute approximate surface area is 230 Å². The van der Waals surface area contributed by atoms with Gasteiger partial charge < -0.3 is 23.7 Å². The molecule has 9 nitrogen and oxygen atoms in total. The van der Waals surface area contributed by atoms with Crippen molar-refractivity contribution in [3.8, 4) is 23.0 Å². The fourth-order valence-electron chi connectivity index (χ4n) is 4.42. The second kappa shape index (κ2) is 10.7. The number of hydrogen-bond acceptors (Lipinski definition) is 9. The Balaban J connectivity index is 1.71. The largest absolute Gasteiger partial charge is 0.493 e. The Hall–Kier alpha value is -3.57. The van der Waals surface area contributed by atoms with Gasteiger partial charge in [0.05, 0.1) is 42.2 Å². The van der Waals surface area contributed by atoms with E-state index in [0.717, 1.165) is 10.0 Å². The van der Waals surface area contributed by atoms with E-state index in [2.05, 4.69) is 20.9 Å². The summed E-state index contributed by atoms with van der Waals surface area (Å²) in [5.74, 6) is 1.78. The van der Waals surface area contributed by atoms with Gasteiger partial charge in [0.25, 0.3) is 5.56 Å². The maximum atomic E-state index is 13.9. The molecule has 11 heteroatoms. The predicted octanol–water partition coefficient (Wildman–Crippen LogP) is 3.70. The van der Waals surface area contributed by atoms with E-state index in [9.17, 15) is 9.59 Å². The van der Waals surface area contributed by atoms with Crippen molar-refractivity contribution in [1.82, 2.24) is 4.57 Å². The van der Waals surface area contributed by atoms with Crippen molar-refractivity contribution in [3.05, 3.63) is 76.9 Å². The number of thiazole rings is 1. The molecule has 5 rings (SSSR count). The van der Waals surface area contributed by atoms with Gasteiger partial charge in [-0.05, 0) is 62.2 Å². The third kappa shape index (κ3) is 4.60. The summed E-state index contributed by atoms with van der Waals surface area (Å²) in [6.45, 7) is 6.15. The SMILES string of the molecule is CCOC(=O)C1=C(C)N=c2s/c(=C/c3cc(OCC)c(OC)cc3Br)c(=O)n2[C@@H]1c1ccc2c(c1)OCO2. The zero-order chi connectivity index (χ0) is 27.0. The third-order valence-corrected chi connectivity index (χ3v) is 7.77. The molecule has 0 unspecified atom stereocenters. The topological polar surface area (TPSA) is 97.6 Å². The van der Waals surface area contributed by atoms with Crippen LogP contribution >= 0.6 is 27.3 Å². The molecule has 2 aliphatic heterocycles. The van der Waals surface area contributed by atoms with Gasteiger partial charge in [0.1, 0.15) is 0 Å². The Morgan fingerprint density at radius 2 is 1.97 bits per heavy atom. The van der Waals surface area contributed by atoms with E-state index in [4.69, 9.17) is 23.7 Å². The highest BCUT2D eigenvalue weighted by molar-refractivity contribution is 9.10. The van der Waals surface area contributed by atoms with Crippen molar-refractivity contribution >= 4 is 39.3 Å². The van der Waals surface area contributed by atoms with Gasteiger partial charge in [-0.25, -0.2) is 9.79 Å². The van der Waals surface area contributed by atoms with Crippen LogP contribution in [0.5, 0.6) is 23.0 Å². The highest BCUT2D eigenvalue weighted by Gasteiger charge is 2.34. The number of carbonyl (C=O) groups is 1. The number of rotatable bonds is 7. The lowest BCUT2D eigenvalue weighted by Gasteiger charge is -2.24. The van der Waals surface area contributed by atoms with E-state index in [1.165, 1.54) is 15.9 Å². The summed E-state index contributed by atoms with van der Waals surface area (Å²) in [6, 6.07) is 8.25. The van der Waals surface area contributed by atoms with Crippen molar-refractivity contribution in [1.29, 1.82) is 0 Å². The molecule has 0 amide bonds. The van der Waals surface area contributed by atoms with Crippen LogP contribution in [-0.2, 0) is 9.53 Å². The number of halogens is 1. The number of allylic oxidation sites excluding steroid dienone is 1. The second-order valence-corrected chi connectivity index (χ2v) is 10.2. The van der Waals surface area contributed by atoms with Gasteiger partial charge >= 0.3 is 5.97 Å². The molecule has 0 saturated heterocycles. The Kier molecular flexibility index (Phi) is 7.31. The minimum atomic E-state index is -0.750. The lowest BCUT2D eigenvalue weighted by atomic mass is 9.95. The molecule has 38 heavy (non-hydrogen) atoms. The highest BCUT2D eigenvalue weighted by atomic mass is 79.9. The van der Waals surface area contributed by atoms with Crippen LogP contribution < -0.4 is 33.8 Å². The van der Waals surface area contributed by atoms with Crippen LogP contribution in [0, 0.1) is 0 Å². The Bertz CT molecular complexity index is 1640. The third-order valence-electron chi connectivity index (χ3n) is 6.10. The Morgan fingerprint density at radius 1 is 1.18 bits per heavy atom. The monoisotopic (exact) mass is 600 g/mol. The summed E-state index contributed by atoms with van der Waals surface area (Å²) in [5.41, 5.74) is 1.92. The molecule has 0 N–H and O–H groups in total. The molecule has 3 aromatic rings. The van der Waals surface area contributed by atoms with Crippen LogP contribution in [0.2, 0.25) is 0 Å². The van der Waals surface area contributed by atoms with Crippen molar-refractivity contribution in [2.45, 2.75) is 26.8 Å². The number of methoxy groups -OCH3 is 1. The Morgan fingerprint density at radius 3 is 2.71 bits per heavy atom. The van der Waals surface area contributed by atoms with Crippen LogP contribution in [-0.4, -0.2) is 37.7 Å². The van der Waals surface area contributed by atoms with Crippen LogP contribution in [0.15, 0.2) is 55.9 Å². The van der Waals surface area contributed by atoms with Gasteiger partial charge in [-0.2, -0.15) is 0 Å². The first-order valence-corrected chi connectivity index (χ1v) is 13.6. The highest BCUT2D eigenvalue weighted by Crippen LogP contribution is 2.38. The summed E-state index contributed by atoms with van der Waals surface area (Å²) in [4.78, 5) is 32.1. The van der Waals surface area contributed by atoms with Crippen molar-refractivity contribution in [2.75, 3.05) is 27.1 Å². The van der Waals surface area contributed by atoms with Crippen molar-refractivity contribution < 1.29 is 28.5 Å². The number of benzene rings is 2. The fraction of sp³-hybridized carbons (Fsp3) is 0.296. The fourth-order valence-corrected chi connectivity index (χ4v) is 5.89. The average Bonchev–Trinajstić information content (AvgIpc) is 3.48. The number of carbonyl (C=O) groups excluding carboxylic acids is 1. The zero-order valence-corrected chi connectivity index (χ0v) is 23.6. The van der Waals surface area contributed by atoms with Gasteiger partial charge in [0, 0.05) is 4.47 Å². The maximum absolute atomic E-state index is 13.9. The molecule has 3 heterocycles. The number of nitrogens with zero attached hydrogens (tertiary/aromatic N) is 2. The number of esters is 1. The molecule has 2 aliphatic rings. The van der Waals surface area contributed by atoms with Crippen LogP contribution in [0.3, 0.4) is 0 Å². The minimum absolute atomic E-state index is 0.113. The molecule has 198 valence electrons. The first-order valence-electron chi connectivity index (χ1n) is 12.0. The first kappa shape index (κ1) is 26.1. The van der Waals surface area contributed by atoms with E-state index in [1.54, 1.807) is 45.2 Å². The standard InChI is InChI=1S/C27H25BrN2O7S/c1-5-34-21-10-16(17(28)12-19(21)33-4)11-22-25(31)30-24(15-7-8-18-20(9-15)37-13-36-18)23(26(32)35-6-2)14(3)29-27(30)38-22/h7-12,24H,5-6,13H2,1-4H3/b22-11+/t24-/m1/s1. The number of aromatic nitrogens is 1. The molecule has 0 saturated carbocycles. The molecular weight excluding hydrogens is 576 g/mol. The van der Waals surface area contributed by atoms with Crippen LogP contribution in [0.25, 0.3) is 6.08 Å². The van der Waals surface area contributed by atoms with Crippen molar-refractivity contribution in [2.24, 2.45) is 4.99 Å². The first-order chi connectivity index (χ1) is 18.4. The molecule has 0 fully saturated rings. The molecule has 0 radical (unpaired) electrons. The smallest absolute Gasteiger partial charge is 0.338 e. The van der Waals surface area contributed by atoms with Crippen LogP contribution in [0.4, 0.5) is 0 Å². The molecule has 0 bridgehead atoms. The summed E-state index contributed by atoms with van der Waals surface area (Å²) < 4.78 is 30.2. The molecular formula is C27H25BrN2O7S. The van der Waals surface area contributed by atoms with Gasteiger partial charge in [0.15, 0.2) is 27.8 Å². The van der Waals surface area contributed by atoms with E-state index < -0.39 is 12.0 Å². The van der Waals surface area contributed by atoms with Gasteiger partial charge in [-0.3, -0.25) is 9.36 Å². The minimum Gasteiger partial charge on any atom is -0.493 e. The quantitative estimate of drug-likeness (QED) is 0.381. The number of hydrogen-bond donors (Lipinski definition) is 0. The van der Waals surface area contributed by atoms with E-state index >= 15 is 0 Å². The van der Waals surface area contributed by atoms with Crippen molar-refractivity contribution in [3.63, 3.8) is 0 Å². The second-order valence-electron chi connectivity index (χ2n) is 8.37. The lowest BCUT2D eigenvalue weighted by Crippen LogP contribution is -2.39. The molecule has 1 atom stereocenters. The molecule has 1 aromatic heterocycles. The summed E-state index contributed by atoms with van der Waals surface area (Å²) in [5, 5.41) is 0.